The molecule has 5 heteroatoms. The maximum absolute atomic E-state index is 13.1. The fourth-order valence-corrected chi connectivity index (χ4v) is 4.15. The van der Waals surface area contributed by atoms with E-state index in [1.807, 2.05) is 30.9 Å². The van der Waals surface area contributed by atoms with Gasteiger partial charge in [0.25, 0.3) is 11.5 Å². The number of carbonyl (C=O) groups is 1. The number of hydrogen-bond acceptors (Lipinski definition) is 3. The minimum Gasteiger partial charge on any atom is -0.367 e. The second kappa shape index (κ2) is 7.59. The van der Waals surface area contributed by atoms with Gasteiger partial charge in [-0.05, 0) is 50.5 Å². The number of piperazine rings is 1. The van der Waals surface area contributed by atoms with Crippen LogP contribution in [0.2, 0.25) is 0 Å². The van der Waals surface area contributed by atoms with Crippen LogP contribution in [0.1, 0.15) is 41.0 Å². The summed E-state index contributed by atoms with van der Waals surface area (Å²) in [5, 5.41) is 0. The van der Waals surface area contributed by atoms with Gasteiger partial charge >= 0.3 is 0 Å². The zero-order chi connectivity index (χ0) is 19.7. The summed E-state index contributed by atoms with van der Waals surface area (Å²) in [5.41, 5.74) is 4.52. The molecule has 1 aromatic carbocycles. The normalized spacial score (nSPS) is 17.3. The van der Waals surface area contributed by atoms with Crippen molar-refractivity contribution >= 4 is 11.6 Å². The predicted molar refractivity (Wildman–Crippen MR) is 110 cm³/mol. The highest BCUT2D eigenvalue weighted by atomic mass is 16.2. The topological polar surface area (TPSA) is 45.6 Å². The van der Waals surface area contributed by atoms with E-state index in [0.29, 0.717) is 6.54 Å². The maximum Gasteiger partial charge on any atom is 0.263 e. The fourth-order valence-electron chi connectivity index (χ4n) is 4.15. The van der Waals surface area contributed by atoms with Crippen LogP contribution in [0.3, 0.4) is 0 Å². The molecule has 1 aliphatic rings. The molecule has 0 saturated carbocycles. The summed E-state index contributed by atoms with van der Waals surface area (Å²) >= 11 is 0. The fraction of sp³-hybridized carbons (Fsp3) is 0.455. The van der Waals surface area contributed by atoms with Crippen molar-refractivity contribution in [2.75, 3.05) is 24.5 Å². The molecule has 3 rings (SSSR count). The molecular weight excluding hydrogens is 338 g/mol. The Hall–Kier alpha value is -2.56. The van der Waals surface area contributed by atoms with Crippen molar-refractivity contribution in [1.82, 2.24) is 9.47 Å². The molecule has 5 nitrogen and oxygen atoms in total. The number of pyridine rings is 1. The Morgan fingerprint density at radius 1 is 1.15 bits per heavy atom. The molecule has 1 atom stereocenters. The number of hydrogen-bond donors (Lipinski definition) is 0. The van der Waals surface area contributed by atoms with E-state index in [0.717, 1.165) is 30.8 Å². The van der Waals surface area contributed by atoms with Crippen molar-refractivity contribution in [1.29, 1.82) is 0 Å². The first kappa shape index (κ1) is 19.2. The number of carbonyl (C=O) groups excluding carboxylic acids is 1. The molecule has 1 fully saturated rings. The van der Waals surface area contributed by atoms with Crippen molar-refractivity contribution in [3.63, 3.8) is 0 Å². The number of benzene rings is 1. The van der Waals surface area contributed by atoms with Gasteiger partial charge in [-0.1, -0.05) is 25.1 Å². The summed E-state index contributed by atoms with van der Waals surface area (Å²) in [6.45, 7) is 10.3. The Balaban J connectivity index is 1.84. The molecule has 0 bridgehead atoms. The minimum atomic E-state index is -0.198. The first-order valence-corrected chi connectivity index (χ1v) is 9.66. The molecule has 1 amide bonds. The van der Waals surface area contributed by atoms with E-state index in [-0.39, 0.29) is 23.1 Å². The summed E-state index contributed by atoms with van der Waals surface area (Å²) in [5.74, 6) is -0.154. The highest BCUT2D eigenvalue weighted by Gasteiger charge is 2.30. The zero-order valence-corrected chi connectivity index (χ0v) is 17.0. The van der Waals surface area contributed by atoms with Crippen LogP contribution >= 0.6 is 0 Å². The molecule has 1 aromatic heterocycles. The van der Waals surface area contributed by atoms with Gasteiger partial charge in [-0.15, -0.1) is 0 Å². The van der Waals surface area contributed by atoms with E-state index in [9.17, 15) is 9.59 Å². The number of anilines is 1. The van der Waals surface area contributed by atoms with E-state index in [4.69, 9.17) is 0 Å². The van der Waals surface area contributed by atoms with Gasteiger partial charge in [-0.2, -0.15) is 0 Å². The molecule has 0 unspecified atom stereocenters. The third-order valence-corrected chi connectivity index (χ3v) is 5.67. The number of aryl methyl sites for hydroxylation is 2. The molecule has 1 saturated heterocycles. The van der Waals surface area contributed by atoms with Crippen LogP contribution in [0.4, 0.5) is 5.69 Å². The van der Waals surface area contributed by atoms with E-state index in [2.05, 4.69) is 30.9 Å². The average molecular weight is 367 g/mol. The second-order valence-electron chi connectivity index (χ2n) is 7.49. The molecule has 0 spiro atoms. The quantitative estimate of drug-likeness (QED) is 0.838. The van der Waals surface area contributed by atoms with Gasteiger partial charge in [0.1, 0.15) is 5.56 Å². The van der Waals surface area contributed by atoms with Crippen LogP contribution in [0.5, 0.6) is 0 Å². The monoisotopic (exact) mass is 367 g/mol. The number of nitrogens with zero attached hydrogens (tertiary/aromatic N) is 3. The average Bonchev–Trinajstić information content (AvgIpc) is 2.65. The standard InChI is InChI=1S/C22H29N3O2/c1-6-19-16(3)13-18(21(26)23(19)5)22(27)25-12-11-24(14-17(25)4)20-10-8-7-9-15(20)2/h7-10,13,17H,6,11-12,14H2,1-5H3/t17-/m1/s1. The Labute approximate surface area is 161 Å². The molecular formula is C22H29N3O2. The van der Waals surface area contributed by atoms with Gasteiger partial charge in [0.15, 0.2) is 0 Å². The largest absolute Gasteiger partial charge is 0.367 e. The van der Waals surface area contributed by atoms with Crippen molar-refractivity contribution < 1.29 is 4.79 Å². The number of para-hydroxylation sites is 1. The van der Waals surface area contributed by atoms with E-state index < -0.39 is 0 Å². The smallest absolute Gasteiger partial charge is 0.263 e. The van der Waals surface area contributed by atoms with Crippen LogP contribution in [0.15, 0.2) is 35.1 Å². The highest BCUT2D eigenvalue weighted by molar-refractivity contribution is 5.94. The summed E-state index contributed by atoms with van der Waals surface area (Å²) in [7, 11) is 1.75. The number of amides is 1. The van der Waals surface area contributed by atoms with E-state index in [1.54, 1.807) is 17.7 Å². The van der Waals surface area contributed by atoms with Gasteiger partial charge in [0.2, 0.25) is 0 Å². The van der Waals surface area contributed by atoms with Crippen molar-refractivity contribution in [2.45, 2.75) is 40.2 Å². The predicted octanol–water partition coefficient (Wildman–Crippen LogP) is 2.92. The maximum atomic E-state index is 13.1. The van der Waals surface area contributed by atoms with Crippen molar-refractivity contribution in [3.8, 4) is 0 Å². The van der Waals surface area contributed by atoms with Crippen LogP contribution in [-0.4, -0.2) is 41.1 Å². The van der Waals surface area contributed by atoms with Crippen molar-refractivity contribution in [3.05, 3.63) is 63.1 Å². The summed E-state index contributed by atoms with van der Waals surface area (Å²) in [6.07, 6.45) is 0.775. The van der Waals surface area contributed by atoms with Gasteiger partial charge in [0.05, 0.1) is 0 Å². The van der Waals surface area contributed by atoms with Gasteiger partial charge in [-0.3, -0.25) is 9.59 Å². The Morgan fingerprint density at radius 2 is 1.85 bits per heavy atom. The Morgan fingerprint density at radius 3 is 2.48 bits per heavy atom. The van der Waals surface area contributed by atoms with Crippen molar-refractivity contribution in [2.24, 2.45) is 7.05 Å². The van der Waals surface area contributed by atoms with Crippen LogP contribution in [-0.2, 0) is 13.5 Å². The van der Waals surface area contributed by atoms with Gasteiger partial charge < -0.3 is 14.4 Å². The molecule has 1 aliphatic heterocycles. The lowest BCUT2D eigenvalue weighted by atomic mass is 10.1. The lowest BCUT2D eigenvalue weighted by Gasteiger charge is -2.41. The van der Waals surface area contributed by atoms with Crippen LogP contribution < -0.4 is 10.5 Å². The number of rotatable bonds is 3. The highest BCUT2D eigenvalue weighted by Crippen LogP contribution is 2.23. The number of aromatic nitrogens is 1. The first-order valence-electron chi connectivity index (χ1n) is 9.66. The Bertz CT molecular complexity index is 916. The molecule has 0 radical (unpaired) electrons. The lowest BCUT2D eigenvalue weighted by Crippen LogP contribution is -2.55. The van der Waals surface area contributed by atoms with Crippen LogP contribution in [0.25, 0.3) is 0 Å². The SMILES string of the molecule is CCc1c(C)cc(C(=O)N2CCN(c3ccccc3C)C[C@H]2C)c(=O)n1C. The lowest BCUT2D eigenvalue weighted by molar-refractivity contribution is 0.0671. The summed E-state index contributed by atoms with van der Waals surface area (Å²) in [6, 6.07) is 10.1. The molecule has 0 N–H and O–H groups in total. The molecule has 144 valence electrons. The van der Waals surface area contributed by atoms with E-state index >= 15 is 0 Å². The third-order valence-electron chi connectivity index (χ3n) is 5.67. The summed E-state index contributed by atoms with van der Waals surface area (Å²) in [4.78, 5) is 30.0. The van der Waals surface area contributed by atoms with E-state index in [1.165, 1.54) is 11.3 Å². The Kier molecular flexibility index (Phi) is 5.40. The van der Waals surface area contributed by atoms with Crippen LogP contribution in [0, 0.1) is 13.8 Å². The van der Waals surface area contributed by atoms with Gasteiger partial charge in [0, 0.05) is 44.1 Å². The molecule has 0 aliphatic carbocycles. The molecule has 2 heterocycles. The second-order valence-corrected chi connectivity index (χ2v) is 7.49. The third kappa shape index (κ3) is 3.51. The molecule has 2 aromatic rings. The molecule has 27 heavy (non-hydrogen) atoms. The first-order chi connectivity index (χ1) is 12.8. The summed E-state index contributed by atoms with van der Waals surface area (Å²) < 4.78 is 1.62. The van der Waals surface area contributed by atoms with Gasteiger partial charge in [-0.25, -0.2) is 0 Å². The minimum absolute atomic E-state index is 0.0433. The zero-order valence-electron chi connectivity index (χ0n) is 17.0.